The maximum atomic E-state index is 12.5. The molecular formula is C81H153NO5. The van der Waals surface area contributed by atoms with Crippen LogP contribution < -0.4 is 5.32 Å². The molecule has 0 fully saturated rings. The van der Waals surface area contributed by atoms with Gasteiger partial charge in [-0.05, 0) is 89.9 Å². The highest BCUT2D eigenvalue weighted by atomic mass is 16.5. The van der Waals surface area contributed by atoms with Crippen LogP contribution in [0, 0.1) is 0 Å². The fourth-order valence-electron chi connectivity index (χ4n) is 12.4. The lowest BCUT2D eigenvalue weighted by Crippen LogP contribution is -2.45. The van der Waals surface area contributed by atoms with Crippen molar-refractivity contribution in [3.63, 3.8) is 0 Å². The highest BCUT2D eigenvalue weighted by Gasteiger charge is 2.20. The molecule has 1 amide bonds. The third-order valence-corrected chi connectivity index (χ3v) is 18.4. The first-order chi connectivity index (χ1) is 43.0. The number of carbonyl (C=O) groups excluding carboxylic acids is 2. The van der Waals surface area contributed by atoms with Crippen LogP contribution in [-0.4, -0.2) is 47.4 Å². The number of allylic oxidation sites excluding steroid dienone is 8. The van der Waals surface area contributed by atoms with Crippen LogP contribution in [0.3, 0.4) is 0 Å². The summed E-state index contributed by atoms with van der Waals surface area (Å²) in [7, 11) is 0. The van der Waals surface area contributed by atoms with E-state index in [1.165, 1.54) is 340 Å². The Morgan fingerprint density at radius 3 is 0.897 bits per heavy atom. The smallest absolute Gasteiger partial charge is 0.305 e. The normalized spacial score (nSPS) is 12.7. The van der Waals surface area contributed by atoms with Crippen molar-refractivity contribution >= 4 is 11.9 Å². The molecule has 0 aromatic rings. The van der Waals surface area contributed by atoms with Crippen molar-refractivity contribution in [1.82, 2.24) is 5.32 Å². The number of esters is 1. The summed E-state index contributed by atoms with van der Waals surface area (Å²) in [5.74, 6) is -0.0165. The zero-order valence-corrected chi connectivity index (χ0v) is 58.8. The first-order valence-corrected chi connectivity index (χ1v) is 39.4. The van der Waals surface area contributed by atoms with E-state index in [1.54, 1.807) is 0 Å². The summed E-state index contributed by atoms with van der Waals surface area (Å²) in [6.07, 6.45) is 101. The molecule has 0 aliphatic heterocycles. The maximum absolute atomic E-state index is 12.5. The molecule has 6 heteroatoms. The Balaban J connectivity index is 3.34. The Morgan fingerprint density at radius 1 is 0.322 bits per heavy atom. The van der Waals surface area contributed by atoms with E-state index in [-0.39, 0.29) is 18.5 Å². The summed E-state index contributed by atoms with van der Waals surface area (Å²) < 4.78 is 5.50. The molecule has 6 nitrogen and oxygen atoms in total. The van der Waals surface area contributed by atoms with Gasteiger partial charge in [0.1, 0.15) is 0 Å². The molecule has 3 N–H and O–H groups in total. The van der Waals surface area contributed by atoms with Gasteiger partial charge in [-0.25, -0.2) is 0 Å². The van der Waals surface area contributed by atoms with Gasteiger partial charge in [0.05, 0.1) is 25.4 Å². The van der Waals surface area contributed by atoms with Gasteiger partial charge in [-0.1, -0.05) is 377 Å². The molecule has 512 valence electrons. The minimum Gasteiger partial charge on any atom is -0.466 e. The van der Waals surface area contributed by atoms with Crippen LogP contribution in [0.2, 0.25) is 0 Å². The Bertz CT molecular complexity index is 1450. The van der Waals surface area contributed by atoms with Gasteiger partial charge < -0.3 is 20.3 Å². The first kappa shape index (κ1) is 84.8. The highest BCUT2D eigenvalue weighted by molar-refractivity contribution is 5.76. The second-order valence-corrected chi connectivity index (χ2v) is 27.0. The van der Waals surface area contributed by atoms with Gasteiger partial charge in [0, 0.05) is 12.8 Å². The molecule has 0 heterocycles. The number of unbranched alkanes of at least 4 members (excludes halogenated alkanes) is 55. The number of rotatable bonds is 74. The van der Waals surface area contributed by atoms with Crippen molar-refractivity contribution in [3.05, 3.63) is 48.6 Å². The van der Waals surface area contributed by atoms with Gasteiger partial charge in [-0.15, -0.1) is 0 Å². The number of carbonyl (C=O) groups is 2. The summed E-state index contributed by atoms with van der Waals surface area (Å²) in [6.45, 7) is 4.96. The Kier molecular flexibility index (Phi) is 74.4. The number of aliphatic hydroxyl groups is 2. The van der Waals surface area contributed by atoms with E-state index in [1.807, 2.05) is 0 Å². The molecule has 0 aromatic heterocycles. The molecule has 0 aromatic carbocycles. The van der Waals surface area contributed by atoms with Gasteiger partial charge in [0.2, 0.25) is 5.91 Å². The average molecular weight is 1220 g/mol. The van der Waals surface area contributed by atoms with Gasteiger partial charge in [0.15, 0.2) is 0 Å². The van der Waals surface area contributed by atoms with Crippen LogP contribution in [0.25, 0.3) is 0 Å². The molecule has 0 rings (SSSR count). The van der Waals surface area contributed by atoms with E-state index < -0.39 is 12.1 Å². The summed E-state index contributed by atoms with van der Waals surface area (Å²) in [4.78, 5) is 24.6. The maximum Gasteiger partial charge on any atom is 0.305 e. The number of nitrogens with one attached hydrogen (secondary N) is 1. The van der Waals surface area contributed by atoms with Gasteiger partial charge in [-0.2, -0.15) is 0 Å². The van der Waals surface area contributed by atoms with Crippen LogP contribution >= 0.6 is 0 Å². The van der Waals surface area contributed by atoms with Crippen molar-refractivity contribution in [2.24, 2.45) is 0 Å². The van der Waals surface area contributed by atoms with E-state index >= 15 is 0 Å². The quantitative estimate of drug-likeness (QED) is 0.0320. The van der Waals surface area contributed by atoms with E-state index in [0.29, 0.717) is 25.9 Å². The topological polar surface area (TPSA) is 95.9 Å². The molecule has 0 saturated heterocycles. The van der Waals surface area contributed by atoms with Crippen LogP contribution in [0.15, 0.2) is 48.6 Å². The number of aliphatic hydroxyl groups excluding tert-OH is 2. The molecule has 0 spiro atoms. The van der Waals surface area contributed by atoms with Crippen molar-refractivity contribution in [3.8, 4) is 0 Å². The molecule has 0 saturated carbocycles. The third-order valence-electron chi connectivity index (χ3n) is 18.4. The van der Waals surface area contributed by atoms with E-state index in [9.17, 15) is 19.8 Å². The van der Waals surface area contributed by atoms with Crippen LogP contribution in [0.1, 0.15) is 431 Å². The van der Waals surface area contributed by atoms with Crippen LogP contribution in [0.4, 0.5) is 0 Å². The predicted molar refractivity (Wildman–Crippen MR) is 384 cm³/mol. The second-order valence-electron chi connectivity index (χ2n) is 27.0. The summed E-state index contributed by atoms with van der Waals surface area (Å²) in [5, 5.41) is 23.3. The van der Waals surface area contributed by atoms with E-state index in [2.05, 4.69) is 67.8 Å². The molecule has 0 radical (unpaired) electrons. The monoisotopic (exact) mass is 1220 g/mol. The highest BCUT2D eigenvalue weighted by Crippen LogP contribution is 2.19. The summed E-state index contributed by atoms with van der Waals surface area (Å²) in [6, 6.07) is -0.539. The minimum absolute atomic E-state index is 0.0129. The SMILES string of the molecule is CCCCC/C=C\C/C=C\CCCCCCCCCC(=O)OCCCCCCCCCCCCCCCCC/C=C\C/C=C\CCCCCCCCCCCCCCCCCCCC(=O)NC(CO)C(O)CCCCCCCCCCCCCCCC. The molecule has 0 aliphatic carbocycles. The van der Waals surface area contributed by atoms with Crippen LogP contribution in [-0.2, 0) is 14.3 Å². The molecule has 0 bridgehead atoms. The van der Waals surface area contributed by atoms with Crippen molar-refractivity contribution in [2.75, 3.05) is 13.2 Å². The minimum atomic E-state index is -0.662. The van der Waals surface area contributed by atoms with Crippen molar-refractivity contribution in [2.45, 2.75) is 443 Å². The van der Waals surface area contributed by atoms with E-state index in [0.717, 1.165) is 57.8 Å². The predicted octanol–water partition coefficient (Wildman–Crippen LogP) is 26.0. The van der Waals surface area contributed by atoms with Gasteiger partial charge in [-0.3, -0.25) is 9.59 Å². The molecule has 2 atom stereocenters. The summed E-state index contributed by atoms with van der Waals surface area (Å²) in [5.41, 5.74) is 0. The summed E-state index contributed by atoms with van der Waals surface area (Å²) >= 11 is 0. The number of amides is 1. The Labute approximate surface area is 544 Å². The number of hydrogen-bond acceptors (Lipinski definition) is 5. The number of hydrogen-bond donors (Lipinski definition) is 3. The lowest BCUT2D eigenvalue weighted by molar-refractivity contribution is -0.143. The average Bonchev–Trinajstić information content (AvgIpc) is 3.53. The Morgan fingerprint density at radius 2 is 0.575 bits per heavy atom. The lowest BCUT2D eigenvalue weighted by Gasteiger charge is -2.22. The first-order valence-electron chi connectivity index (χ1n) is 39.4. The Hall–Kier alpha value is -2.18. The third kappa shape index (κ3) is 72.8. The molecule has 0 aliphatic rings. The van der Waals surface area contributed by atoms with Gasteiger partial charge in [0.25, 0.3) is 0 Å². The fraction of sp³-hybridized carbons (Fsp3) is 0.877. The zero-order valence-electron chi connectivity index (χ0n) is 58.8. The largest absolute Gasteiger partial charge is 0.466 e. The van der Waals surface area contributed by atoms with Gasteiger partial charge >= 0.3 is 5.97 Å². The number of ether oxygens (including phenoxy) is 1. The lowest BCUT2D eigenvalue weighted by atomic mass is 10.0. The van der Waals surface area contributed by atoms with Crippen molar-refractivity contribution < 1.29 is 24.5 Å². The second kappa shape index (κ2) is 76.3. The van der Waals surface area contributed by atoms with Crippen LogP contribution in [0.5, 0.6) is 0 Å². The fourth-order valence-corrected chi connectivity index (χ4v) is 12.4. The molecular weight excluding hydrogens is 1070 g/mol. The van der Waals surface area contributed by atoms with Crippen molar-refractivity contribution in [1.29, 1.82) is 0 Å². The zero-order chi connectivity index (χ0) is 62.8. The van der Waals surface area contributed by atoms with E-state index in [4.69, 9.17) is 4.74 Å². The molecule has 2 unspecified atom stereocenters. The molecule has 87 heavy (non-hydrogen) atoms. The standard InChI is InChI=1S/C81H153NO5/c1-3-5-7-9-11-13-15-17-19-43-47-51-55-59-63-67-71-75-81(86)87-76-72-68-64-60-56-52-48-45-42-40-38-36-34-32-30-28-26-24-22-20-21-23-25-27-29-31-33-35-37-39-41-44-46-50-54-58-62-66-70-74-80(85)82-78(77-83)79(84)73-69-65-61-57-53-49-18-16-14-12-10-8-6-4-2/h11,13,17,19-21,24,26,78-79,83-84H,3-10,12,14-16,18,22-23,25,27-77H2,1-2H3,(H,82,85)/b13-11-,19-17-,21-20-,26-24-.